The maximum atomic E-state index is 10.9. The van der Waals surface area contributed by atoms with E-state index in [0.29, 0.717) is 17.9 Å². The average molecular weight is 274 g/mol. The first-order valence-corrected chi connectivity index (χ1v) is 6.67. The zero-order valence-electron chi connectivity index (χ0n) is 11.5. The molecule has 0 saturated carbocycles. The van der Waals surface area contributed by atoms with Crippen LogP contribution in [0.25, 0.3) is 0 Å². The van der Waals surface area contributed by atoms with Gasteiger partial charge in [-0.05, 0) is 37.1 Å². The Bertz CT molecular complexity index is 536. The van der Waals surface area contributed by atoms with Gasteiger partial charge in [0.2, 0.25) is 0 Å². The highest BCUT2D eigenvalue weighted by atomic mass is 16.5. The molecule has 20 heavy (non-hydrogen) atoms. The Labute approximate surface area is 118 Å². The number of benzene rings is 1. The van der Waals surface area contributed by atoms with E-state index < -0.39 is 5.97 Å². The van der Waals surface area contributed by atoms with Crippen molar-refractivity contribution in [2.24, 2.45) is 0 Å². The molecular weight excluding hydrogens is 256 g/mol. The zero-order chi connectivity index (χ0) is 14.5. The van der Waals surface area contributed by atoms with Crippen LogP contribution in [0.4, 0.5) is 0 Å². The van der Waals surface area contributed by atoms with Gasteiger partial charge in [-0.3, -0.25) is 9.69 Å². The Hall–Kier alpha value is -2.06. The van der Waals surface area contributed by atoms with Crippen molar-refractivity contribution in [3.8, 4) is 11.8 Å². The third-order valence-corrected chi connectivity index (χ3v) is 3.68. The summed E-state index contributed by atoms with van der Waals surface area (Å²) in [5.74, 6) is -0.186. The summed E-state index contributed by atoms with van der Waals surface area (Å²) >= 11 is 0. The van der Waals surface area contributed by atoms with Gasteiger partial charge in [0.1, 0.15) is 11.8 Å². The summed E-state index contributed by atoms with van der Waals surface area (Å²) in [4.78, 5) is 13.0. The summed E-state index contributed by atoms with van der Waals surface area (Å²) in [5, 5.41) is 18.0. The van der Waals surface area contributed by atoms with Crippen LogP contribution in [0.2, 0.25) is 0 Å². The number of aliphatic carboxylic acids is 1. The second-order valence-corrected chi connectivity index (χ2v) is 5.01. The average Bonchev–Trinajstić information content (AvgIpc) is 2.85. The second-order valence-electron chi connectivity index (χ2n) is 5.01. The molecule has 0 bridgehead atoms. The third-order valence-electron chi connectivity index (χ3n) is 3.68. The van der Waals surface area contributed by atoms with Crippen LogP contribution in [0.3, 0.4) is 0 Å². The van der Waals surface area contributed by atoms with Crippen LogP contribution >= 0.6 is 0 Å². The van der Waals surface area contributed by atoms with Gasteiger partial charge in [0.15, 0.2) is 0 Å². The van der Waals surface area contributed by atoms with Gasteiger partial charge in [-0.1, -0.05) is 6.07 Å². The van der Waals surface area contributed by atoms with E-state index in [1.165, 1.54) is 0 Å². The predicted octanol–water partition coefficient (Wildman–Crippen LogP) is 2.01. The van der Waals surface area contributed by atoms with E-state index in [2.05, 4.69) is 11.0 Å². The van der Waals surface area contributed by atoms with Gasteiger partial charge in [-0.2, -0.15) is 5.26 Å². The molecule has 1 saturated heterocycles. The van der Waals surface area contributed by atoms with E-state index in [-0.39, 0.29) is 12.5 Å². The largest absolute Gasteiger partial charge is 0.495 e. The van der Waals surface area contributed by atoms with Crippen LogP contribution in [0, 0.1) is 11.3 Å². The minimum atomic E-state index is -0.755. The molecule has 106 valence electrons. The first-order chi connectivity index (χ1) is 9.63. The summed E-state index contributed by atoms with van der Waals surface area (Å²) < 4.78 is 5.12. The smallest absolute Gasteiger partial charge is 0.304 e. The number of nitriles is 1. The molecule has 1 aromatic rings. The molecule has 0 spiro atoms. The summed E-state index contributed by atoms with van der Waals surface area (Å²) in [6.07, 6.45) is 2.13. The fourth-order valence-electron chi connectivity index (χ4n) is 2.71. The van der Waals surface area contributed by atoms with Crippen LogP contribution in [-0.4, -0.2) is 35.7 Å². The molecule has 1 N–H and O–H groups in total. The van der Waals surface area contributed by atoms with Crippen LogP contribution in [0.5, 0.6) is 5.75 Å². The molecule has 0 aliphatic carbocycles. The molecule has 0 aromatic heterocycles. The Morgan fingerprint density at radius 2 is 2.40 bits per heavy atom. The molecule has 2 rings (SSSR count). The van der Waals surface area contributed by atoms with Crippen LogP contribution in [0.15, 0.2) is 18.2 Å². The van der Waals surface area contributed by atoms with E-state index >= 15 is 0 Å². The summed E-state index contributed by atoms with van der Waals surface area (Å²) in [6.45, 7) is 1.59. The quantitative estimate of drug-likeness (QED) is 0.889. The molecule has 1 aliphatic heterocycles. The summed E-state index contributed by atoms with van der Waals surface area (Å²) in [5.41, 5.74) is 1.53. The highest BCUT2D eigenvalue weighted by molar-refractivity contribution is 5.67. The van der Waals surface area contributed by atoms with Crippen molar-refractivity contribution >= 4 is 5.97 Å². The molecule has 1 heterocycles. The molecule has 1 atom stereocenters. The zero-order valence-corrected chi connectivity index (χ0v) is 11.5. The standard InChI is InChI=1S/C15H18N2O3/c1-20-14-5-4-11(7-12(14)9-16)10-17-6-2-3-13(17)8-15(18)19/h4-5,7,13H,2-3,6,8,10H2,1H3,(H,18,19). The Balaban J connectivity index is 2.09. The molecule has 1 unspecified atom stereocenters. The van der Waals surface area contributed by atoms with Gasteiger partial charge in [-0.15, -0.1) is 0 Å². The molecule has 5 heteroatoms. The van der Waals surface area contributed by atoms with Crippen LogP contribution in [-0.2, 0) is 11.3 Å². The van der Waals surface area contributed by atoms with Crippen molar-refractivity contribution in [1.29, 1.82) is 5.26 Å². The first kappa shape index (κ1) is 14.4. The van der Waals surface area contributed by atoms with Crippen molar-refractivity contribution in [3.63, 3.8) is 0 Å². The number of rotatable bonds is 5. The van der Waals surface area contributed by atoms with E-state index in [0.717, 1.165) is 24.9 Å². The fourth-order valence-corrected chi connectivity index (χ4v) is 2.71. The lowest BCUT2D eigenvalue weighted by molar-refractivity contribution is -0.138. The van der Waals surface area contributed by atoms with E-state index in [1.54, 1.807) is 13.2 Å². The van der Waals surface area contributed by atoms with Gasteiger partial charge in [0, 0.05) is 12.6 Å². The van der Waals surface area contributed by atoms with E-state index in [9.17, 15) is 4.79 Å². The Morgan fingerprint density at radius 1 is 1.60 bits per heavy atom. The van der Waals surface area contributed by atoms with Crippen molar-refractivity contribution < 1.29 is 14.6 Å². The molecule has 1 fully saturated rings. The van der Waals surface area contributed by atoms with E-state index in [4.69, 9.17) is 15.1 Å². The third kappa shape index (κ3) is 3.28. The number of methoxy groups -OCH3 is 1. The number of hydrogen-bond donors (Lipinski definition) is 1. The molecular formula is C15H18N2O3. The maximum Gasteiger partial charge on any atom is 0.304 e. The van der Waals surface area contributed by atoms with E-state index in [1.807, 2.05) is 12.1 Å². The van der Waals surface area contributed by atoms with Gasteiger partial charge in [-0.25, -0.2) is 0 Å². The maximum absolute atomic E-state index is 10.9. The minimum Gasteiger partial charge on any atom is -0.495 e. The number of likely N-dealkylation sites (tertiary alicyclic amines) is 1. The number of carbonyl (C=O) groups is 1. The van der Waals surface area contributed by atoms with Gasteiger partial charge in [0.05, 0.1) is 19.1 Å². The van der Waals surface area contributed by atoms with Crippen molar-refractivity contribution in [2.75, 3.05) is 13.7 Å². The Kier molecular flexibility index (Phi) is 4.59. The van der Waals surface area contributed by atoms with Gasteiger partial charge in [0.25, 0.3) is 0 Å². The number of nitrogens with zero attached hydrogens (tertiary/aromatic N) is 2. The summed E-state index contributed by atoms with van der Waals surface area (Å²) in [7, 11) is 1.54. The van der Waals surface area contributed by atoms with Crippen molar-refractivity contribution in [1.82, 2.24) is 4.90 Å². The first-order valence-electron chi connectivity index (χ1n) is 6.67. The second kappa shape index (κ2) is 6.40. The van der Waals surface area contributed by atoms with Gasteiger partial charge < -0.3 is 9.84 Å². The molecule has 0 radical (unpaired) electrons. The molecule has 0 amide bonds. The highest BCUT2D eigenvalue weighted by Crippen LogP contribution is 2.25. The monoisotopic (exact) mass is 274 g/mol. The lowest BCUT2D eigenvalue weighted by atomic mass is 10.1. The summed E-state index contributed by atoms with van der Waals surface area (Å²) in [6, 6.07) is 7.74. The lowest BCUT2D eigenvalue weighted by Gasteiger charge is -2.23. The van der Waals surface area contributed by atoms with Crippen LogP contribution in [0.1, 0.15) is 30.4 Å². The Morgan fingerprint density at radius 3 is 3.05 bits per heavy atom. The number of ether oxygens (including phenoxy) is 1. The molecule has 1 aromatic carbocycles. The number of hydrogen-bond acceptors (Lipinski definition) is 4. The fraction of sp³-hybridized carbons (Fsp3) is 0.467. The van der Waals surface area contributed by atoms with Crippen LogP contribution < -0.4 is 4.74 Å². The SMILES string of the molecule is COc1ccc(CN2CCCC2CC(=O)O)cc1C#N. The van der Waals surface area contributed by atoms with Crippen molar-refractivity contribution in [2.45, 2.75) is 31.8 Å². The normalized spacial score (nSPS) is 18.7. The topological polar surface area (TPSA) is 73.6 Å². The minimum absolute atomic E-state index is 0.0973. The lowest BCUT2D eigenvalue weighted by Crippen LogP contribution is -2.30. The van der Waals surface area contributed by atoms with Gasteiger partial charge >= 0.3 is 5.97 Å². The molecule has 5 nitrogen and oxygen atoms in total. The highest BCUT2D eigenvalue weighted by Gasteiger charge is 2.26. The molecule has 1 aliphatic rings. The predicted molar refractivity (Wildman–Crippen MR) is 73.4 cm³/mol. The number of carboxylic acid groups (broad SMARTS) is 1. The van der Waals surface area contributed by atoms with Crippen molar-refractivity contribution in [3.05, 3.63) is 29.3 Å². The number of carboxylic acids is 1.